The fourth-order valence-corrected chi connectivity index (χ4v) is 3.08. The van der Waals surface area contributed by atoms with E-state index in [1.165, 1.54) is 0 Å². The Balaban J connectivity index is 1.52. The second kappa shape index (κ2) is 7.21. The lowest BCUT2D eigenvalue weighted by Gasteiger charge is -2.40. The molecule has 1 aromatic carbocycles. The summed E-state index contributed by atoms with van der Waals surface area (Å²) < 4.78 is 5.45. The smallest absolute Gasteiger partial charge is 0.230 e. The molecule has 0 spiro atoms. The van der Waals surface area contributed by atoms with Crippen LogP contribution < -0.4 is 0 Å². The van der Waals surface area contributed by atoms with Gasteiger partial charge in [-0.25, -0.2) is 0 Å². The number of hydrogen-bond donors (Lipinski definition) is 1. The van der Waals surface area contributed by atoms with Gasteiger partial charge in [0.1, 0.15) is 0 Å². The van der Waals surface area contributed by atoms with E-state index in [1.807, 2.05) is 37.3 Å². The summed E-state index contributed by atoms with van der Waals surface area (Å²) in [5, 5.41) is 18.3. The van der Waals surface area contributed by atoms with Crippen LogP contribution in [0.25, 0.3) is 0 Å². The van der Waals surface area contributed by atoms with E-state index < -0.39 is 6.10 Å². The molecule has 1 saturated heterocycles. The summed E-state index contributed by atoms with van der Waals surface area (Å²) >= 11 is 0. The van der Waals surface area contributed by atoms with Crippen molar-refractivity contribution in [3.63, 3.8) is 0 Å². The van der Waals surface area contributed by atoms with Crippen LogP contribution in [0.2, 0.25) is 0 Å². The normalized spacial score (nSPS) is 21.4. The summed E-state index contributed by atoms with van der Waals surface area (Å²) in [5.74, 6) is 1.28. The maximum atomic E-state index is 10.4. The average Bonchev–Trinajstić information content (AvgIpc) is 2.96. The summed E-state index contributed by atoms with van der Waals surface area (Å²) in [6.45, 7) is 8.16. The first-order valence-electron chi connectivity index (χ1n) is 8.10. The van der Waals surface area contributed by atoms with Crippen LogP contribution in [-0.4, -0.2) is 57.3 Å². The zero-order chi connectivity index (χ0) is 16.2. The predicted octanol–water partition coefficient (Wildman–Crippen LogP) is 1.62. The van der Waals surface area contributed by atoms with Crippen LogP contribution in [-0.2, 0) is 6.54 Å². The SMILES string of the molecule is Cc1nnc(CN2CCN(C[C@H](O)c3ccccc3)[C@@H](C)C2)o1. The Labute approximate surface area is 136 Å². The van der Waals surface area contributed by atoms with Gasteiger partial charge in [0.2, 0.25) is 11.8 Å². The van der Waals surface area contributed by atoms with E-state index in [0.717, 1.165) is 25.2 Å². The standard InChI is InChI=1S/C17H24N4O2/c1-13-10-20(12-17-19-18-14(2)23-17)8-9-21(13)11-16(22)15-6-4-3-5-7-15/h3-7,13,16,22H,8-12H2,1-2H3/t13-,16-/m0/s1. The molecule has 124 valence electrons. The van der Waals surface area contributed by atoms with E-state index in [-0.39, 0.29) is 0 Å². The molecule has 0 bridgehead atoms. The molecule has 1 aliphatic heterocycles. The van der Waals surface area contributed by atoms with Gasteiger partial charge in [-0.3, -0.25) is 9.80 Å². The van der Waals surface area contributed by atoms with Crippen LogP contribution in [0.5, 0.6) is 0 Å². The van der Waals surface area contributed by atoms with E-state index in [9.17, 15) is 5.11 Å². The maximum Gasteiger partial charge on any atom is 0.230 e. The van der Waals surface area contributed by atoms with E-state index in [4.69, 9.17) is 4.42 Å². The van der Waals surface area contributed by atoms with Crippen molar-refractivity contribution in [2.24, 2.45) is 0 Å². The van der Waals surface area contributed by atoms with Gasteiger partial charge >= 0.3 is 0 Å². The fraction of sp³-hybridized carbons (Fsp3) is 0.529. The van der Waals surface area contributed by atoms with E-state index in [1.54, 1.807) is 0 Å². The molecule has 6 nitrogen and oxygen atoms in total. The lowest BCUT2D eigenvalue weighted by Crippen LogP contribution is -2.52. The third kappa shape index (κ3) is 4.16. The predicted molar refractivity (Wildman–Crippen MR) is 86.7 cm³/mol. The molecule has 2 aromatic rings. The average molecular weight is 316 g/mol. The van der Waals surface area contributed by atoms with Crippen LogP contribution in [0, 0.1) is 6.92 Å². The number of rotatable bonds is 5. The first-order chi connectivity index (χ1) is 11.1. The molecular weight excluding hydrogens is 292 g/mol. The molecule has 23 heavy (non-hydrogen) atoms. The van der Waals surface area contributed by atoms with Crippen molar-refractivity contribution in [1.82, 2.24) is 20.0 Å². The van der Waals surface area contributed by atoms with E-state index in [2.05, 4.69) is 26.9 Å². The van der Waals surface area contributed by atoms with Crippen LogP contribution in [0.1, 0.15) is 30.4 Å². The number of β-amino-alcohol motifs (C(OH)–C–C–N with tert-alkyl or cyclic N) is 1. The van der Waals surface area contributed by atoms with Crippen molar-refractivity contribution < 1.29 is 9.52 Å². The molecule has 0 unspecified atom stereocenters. The summed E-state index contributed by atoms with van der Waals surface area (Å²) in [4.78, 5) is 4.66. The Hall–Kier alpha value is -1.76. The first-order valence-corrected chi connectivity index (χ1v) is 8.10. The van der Waals surface area contributed by atoms with Crippen molar-refractivity contribution in [2.45, 2.75) is 32.5 Å². The second-order valence-electron chi connectivity index (χ2n) is 6.22. The number of aromatic nitrogens is 2. The van der Waals surface area contributed by atoms with Crippen molar-refractivity contribution in [3.05, 3.63) is 47.7 Å². The highest BCUT2D eigenvalue weighted by Gasteiger charge is 2.26. The summed E-state index contributed by atoms with van der Waals surface area (Å²) in [6, 6.07) is 10.2. The van der Waals surface area contributed by atoms with Gasteiger partial charge in [0.25, 0.3) is 0 Å². The van der Waals surface area contributed by atoms with Gasteiger partial charge in [0.05, 0.1) is 12.6 Å². The van der Waals surface area contributed by atoms with Crippen LogP contribution in [0.15, 0.2) is 34.7 Å². The molecule has 0 saturated carbocycles. The monoisotopic (exact) mass is 316 g/mol. The van der Waals surface area contributed by atoms with Crippen LogP contribution in [0.4, 0.5) is 0 Å². The molecule has 0 aliphatic carbocycles. The van der Waals surface area contributed by atoms with Crippen molar-refractivity contribution in [3.8, 4) is 0 Å². The van der Waals surface area contributed by atoms with Crippen molar-refractivity contribution >= 4 is 0 Å². The van der Waals surface area contributed by atoms with Crippen molar-refractivity contribution in [2.75, 3.05) is 26.2 Å². The summed E-state index contributed by atoms with van der Waals surface area (Å²) in [5.41, 5.74) is 0.975. The summed E-state index contributed by atoms with van der Waals surface area (Å²) in [6.07, 6.45) is -0.441. The Kier molecular flexibility index (Phi) is 5.05. The lowest BCUT2D eigenvalue weighted by atomic mass is 10.1. The quantitative estimate of drug-likeness (QED) is 0.904. The number of aryl methyl sites for hydroxylation is 1. The molecule has 1 aliphatic rings. The van der Waals surface area contributed by atoms with E-state index in [0.29, 0.717) is 30.9 Å². The highest BCUT2D eigenvalue weighted by molar-refractivity contribution is 5.17. The molecule has 1 fully saturated rings. The molecule has 0 amide bonds. The highest BCUT2D eigenvalue weighted by atomic mass is 16.4. The number of nitrogens with zero attached hydrogens (tertiary/aromatic N) is 4. The third-order valence-electron chi connectivity index (χ3n) is 4.37. The van der Waals surface area contributed by atoms with Gasteiger partial charge in [-0.1, -0.05) is 30.3 Å². The van der Waals surface area contributed by atoms with Crippen LogP contribution in [0.3, 0.4) is 0 Å². The third-order valence-corrected chi connectivity index (χ3v) is 4.37. The zero-order valence-corrected chi connectivity index (χ0v) is 13.7. The van der Waals surface area contributed by atoms with Gasteiger partial charge in [0.15, 0.2) is 0 Å². The summed E-state index contributed by atoms with van der Waals surface area (Å²) in [7, 11) is 0. The number of aliphatic hydroxyl groups excluding tert-OH is 1. The molecule has 6 heteroatoms. The van der Waals surface area contributed by atoms with Gasteiger partial charge in [-0.2, -0.15) is 0 Å². The number of piperazine rings is 1. The number of hydrogen-bond acceptors (Lipinski definition) is 6. The van der Waals surface area contributed by atoms with Crippen molar-refractivity contribution in [1.29, 1.82) is 0 Å². The minimum Gasteiger partial charge on any atom is -0.424 e. The molecule has 0 radical (unpaired) electrons. The first kappa shape index (κ1) is 16.1. The Morgan fingerprint density at radius 2 is 2.04 bits per heavy atom. The van der Waals surface area contributed by atoms with Gasteiger partial charge in [-0.15, -0.1) is 10.2 Å². The minimum atomic E-state index is -0.441. The largest absolute Gasteiger partial charge is 0.424 e. The number of aliphatic hydroxyl groups is 1. The van der Waals surface area contributed by atoms with Gasteiger partial charge in [-0.05, 0) is 12.5 Å². The van der Waals surface area contributed by atoms with Gasteiger partial charge in [0, 0.05) is 39.1 Å². The zero-order valence-electron chi connectivity index (χ0n) is 13.7. The maximum absolute atomic E-state index is 10.4. The fourth-order valence-electron chi connectivity index (χ4n) is 3.08. The molecule has 3 rings (SSSR count). The second-order valence-corrected chi connectivity index (χ2v) is 6.22. The molecule has 2 heterocycles. The Morgan fingerprint density at radius 3 is 2.70 bits per heavy atom. The van der Waals surface area contributed by atoms with Gasteiger partial charge < -0.3 is 9.52 Å². The molecule has 2 atom stereocenters. The number of benzene rings is 1. The lowest BCUT2D eigenvalue weighted by molar-refractivity contribution is 0.0334. The molecule has 1 N–H and O–H groups in total. The topological polar surface area (TPSA) is 65.6 Å². The Bertz CT molecular complexity index is 616. The highest BCUT2D eigenvalue weighted by Crippen LogP contribution is 2.18. The Morgan fingerprint density at radius 1 is 1.26 bits per heavy atom. The van der Waals surface area contributed by atoms with E-state index >= 15 is 0 Å². The molecule has 1 aromatic heterocycles. The molecular formula is C17H24N4O2. The minimum absolute atomic E-state index is 0.381. The van der Waals surface area contributed by atoms with Crippen LogP contribution >= 0.6 is 0 Å².